The molecule has 1 aliphatic heterocycles. The number of amides is 1. The van der Waals surface area contributed by atoms with Crippen molar-refractivity contribution in [1.82, 2.24) is 4.90 Å². The SMILES string of the molecule is O=C(Oc1ccccc1Br)N1C[C@H](S)C[C@H]1COCc1cc(F)c(F)cc1F. The van der Waals surface area contributed by atoms with Crippen LogP contribution in [0.4, 0.5) is 18.0 Å². The van der Waals surface area contributed by atoms with E-state index < -0.39 is 23.5 Å². The quantitative estimate of drug-likeness (QED) is 0.490. The van der Waals surface area contributed by atoms with Gasteiger partial charge in [0.1, 0.15) is 11.6 Å². The zero-order valence-corrected chi connectivity index (χ0v) is 17.1. The maximum atomic E-state index is 13.7. The maximum Gasteiger partial charge on any atom is 0.415 e. The standard InChI is InChI=1S/C19H17BrF3NO3S/c20-14-3-1-2-4-18(14)27-19(25)24-8-13(28)6-12(24)10-26-9-11-5-16(22)17(23)7-15(11)21/h1-5,7,12-13,28H,6,8-10H2/t12-,13+/m0/s1. The predicted octanol–water partition coefficient (Wildman–Crippen LogP) is 4.95. The van der Waals surface area contributed by atoms with E-state index in [2.05, 4.69) is 28.6 Å². The minimum Gasteiger partial charge on any atom is -0.409 e. The first-order chi connectivity index (χ1) is 13.3. The number of benzene rings is 2. The van der Waals surface area contributed by atoms with Crippen molar-refractivity contribution in [2.24, 2.45) is 0 Å². The Labute approximate surface area is 174 Å². The van der Waals surface area contributed by atoms with E-state index in [9.17, 15) is 18.0 Å². The molecule has 0 spiro atoms. The molecule has 0 radical (unpaired) electrons. The van der Waals surface area contributed by atoms with Crippen molar-refractivity contribution in [3.63, 3.8) is 0 Å². The Hall–Kier alpha value is -1.71. The summed E-state index contributed by atoms with van der Waals surface area (Å²) in [5, 5.41) is -0.0552. The van der Waals surface area contributed by atoms with Crippen molar-refractivity contribution >= 4 is 34.7 Å². The number of para-hydroxylation sites is 1. The van der Waals surface area contributed by atoms with Crippen LogP contribution in [-0.2, 0) is 11.3 Å². The first-order valence-electron chi connectivity index (χ1n) is 8.47. The zero-order valence-electron chi connectivity index (χ0n) is 14.6. The molecule has 2 aromatic rings. The molecule has 0 unspecified atom stereocenters. The molecule has 28 heavy (non-hydrogen) atoms. The van der Waals surface area contributed by atoms with Crippen molar-refractivity contribution in [1.29, 1.82) is 0 Å². The summed E-state index contributed by atoms with van der Waals surface area (Å²) in [7, 11) is 0. The van der Waals surface area contributed by atoms with Gasteiger partial charge in [0.25, 0.3) is 0 Å². The van der Waals surface area contributed by atoms with E-state index in [-0.39, 0.29) is 30.1 Å². The molecule has 1 amide bonds. The van der Waals surface area contributed by atoms with Gasteiger partial charge in [0.2, 0.25) is 0 Å². The topological polar surface area (TPSA) is 38.8 Å². The highest BCUT2D eigenvalue weighted by atomic mass is 79.9. The van der Waals surface area contributed by atoms with E-state index >= 15 is 0 Å². The monoisotopic (exact) mass is 475 g/mol. The van der Waals surface area contributed by atoms with Gasteiger partial charge >= 0.3 is 6.09 Å². The molecule has 0 bridgehead atoms. The third-order valence-corrected chi connectivity index (χ3v) is 5.35. The second kappa shape index (κ2) is 9.19. The second-order valence-electron chi connectivity index (χ2n) is 6.37. The summed E-state index contributed by atoms with van der Waals surface area (Å²) >= 11 is 7.74. The van der Waals surface area contributed by atoms with Crippen LogP contribution in [0.15, 0.2) is 40.9 Å². The molecule has 1 heterocycles. The predicted molar refractivity (Wildman–Crippen MR) is 104 cm³/mol. The highest BCUT2D eigenvalue weighted by molar-refractivity contribution is 9.10. The van der Waals surface area contributed by atoms with Gasteiger partial charge in [0.15, 0.2) is 11.6 Å². The fraction of sp³-hybridized carbons (Fsp3) is 0.316. The second-order valence-corrected chi connectivity index (χ2v) is 7.95. The Kier molecular flexibility index (Phi) is 6.90. The summed E-state index contributed by atoms with van der Waals surface area (Å²) in [6, 6.07) is 7.88. The summed E-state index contributed by atoms with van der Waals surface area (Å²) < 4.78 is 51.5. The van der Waals surface area contributed by atoms with Gasteiger partial charge < -0.3 is 14.4 Å². The van der Waals surface area contributed by atoms with Crippen molar-refractivity contribution in [3.05, 3.63) is 63.9 Å². The maximum absolute atomic E-state index is 13.7. The van der Waals surface area contributed by atoms with Crippen LogP contribution in [0.1, 0.15) is 12.0 Å². The molecule has 150 valence electrons. The zero-order chi connectivity index (χ0) is 20.3. The van der Waals surface area contributed by atoms with E-state index in [1.165, 1.54) is 4.90 Å². The Morgan fingerprint density at radius 2 is 1.89 bits per heavy atom. The van der Waals surface area contributed by atoms with E-state index in [1.807, 2.05) is 0 Å². The average molecular weight is 476 g/mol. The first kappa shape index (κ1) is 21.0. The average Bonchev–Trinajstić information content (AvgIpc) is 3.02. The van der Waals surface area contributed by atoms with Crippen molar-refractivity contribution in [2.75, 3.05) is 13.2 Å². The third kappa shape index (κ3) is 5.01. The van der Waals surface area contributed by atoms with E-state index in [1.54, 1.807) is 24.3 Å². The normalized spacial score (nSPS) is 19.1. The van der Waals surface area contributed by atoms with Gasteiger partial charge in [0.05, 0.1) is 23.7 Å². The summed E-state index contributed by atoms with van der Waals surface area (Å²) in [6.45, 7) is 0.213. The molecular formula is C19H17BrF3NO3S. The summed E-state index contributed by atoms with van der Waals surface area (Å²) in [6.07, 6.45) is 0.0186. The van der Waals surface area contributed by atoms with Crippen LogP contribution >= 0.6 is 28.6 Å². The van der Waals surface area contributed by atoms with Crippen molar-refractivity contribution in [3.8, 4) is 5.75 Å². The number of carbonyl (C=O) groups excluding carboxylic acids is 1. The Morgan fingerprint density at radius 3 is 2.64 bits per heavy atom. The van der Waals surface area contributed by atoms with Crippen LogP contribution < -0.4 is 4.74 Å². The minimum absolute atomic E-state index is 0.0552. The molecule has 0 saturated carbocycles. The molecule has 0 N–H and O–H groups in total. The highest BCUT2D eigenvalue weighted by Crippen LogP contribution is 2.28. The van der Waals surface area contributed by atoms with Gasteiger partial charge in [-0.15, -0.1) is 0 Å². The number of likely N-dealkylation sites (tertiary alicyclic amines) is 1. The summed E-state index contributed by atoms with van der Waals surface area (Å²) in [5.74, 6) is -2.90. The molecule has 2 atom stereocenters. The van der Waals surface area contributed by atoms with Crippen LogP contribution in [0.5, 0.6) is 5.75 Å². The highest BCUT2D eigenvalue weighted by Gasteiger charge is 2.35. The molecule has 3 rings (SSSR count). The lowest BCUT2D eigenvalue weighted by Crippen LogP contribution is -2.40. The lowest BCUT2D eigenvalue weighted by molar-refractivity contribution is 0.0648. The van der Waals surface area contributed by atoms with Gasteiger partial charge in [0, 0.05) is 23.4 Å². The molecule has 4 nitrogen and oxygen atoms in total. The lowest BCUT2D eigenvalue weighted by Gasteiger charge is -2.24. The number of carbonyl (C=O) groups is 1. The number of ether oxygens (including phenoxy) is 2. The van der Waals surface area contributed by atoms with Gasteiger partial charge in [-0.3, -0.25) is 0 Å². The van der Waals surface area contributed by atoms with Gasteiger partial charge in [-0.2, -0.15) is 12.6 Å². The number of hydrogen-bond acceptors (Lipinski definition) is 4. The van der Waals surface area contributed by atoms with Crippen LogP contribution in [-0.4, -0.2) is 35.4 Å². The smallest absolute Gasteiger partial charge is 0.409 e. The Balaban J connectivity index is 1.60. The van der Waals surface area contributed by atoms with Crippen LogP contribution in [0, 0.1) is 17.5 Å². The lowest BCUT2D eigenvalue weighted by atomic mass is 10.2. The number of hydrogen-bond donors (Lipinski definition) is 1. The molecular weight excluding hydrogens is 459 g/mol. The largest absolute Gasteiger partial charge is 0.415 e. The Bertz CT molecular complexity index is 870. The van der Waals surface area contributed by atoms with Crippen LogP contribution in [0.3, 0.4) is 0 Å². The van der Waals surface area contributed by atoms with Crippen LogP contribution in [0.2, 0.25) is 0 Å². The molecule has 1 aliphatic rings. The molecule has 9 heteroatoms. The molecule has 1 saturated heterocycles. The molecule has 1 fully saturated rings. The van der Waals surface area contributed by atoms with E-state index in [4.69, 9.17) is 9.47 Å². The van der Waals surface area contributed by atoms with Crippen LogP contribution in [0.25, 0.3) is 0 Å². The fourth-order valence-electron chi connectivity index (χ4n) is 2.93. The molecule has 0 aliphatic carbocycles. The van der Waals surface area contributed by atoms with E-state index in [0.717, 1.165) is 6.07 Å². The van der Waals surface area contributed by atoms with E-state index in [0.29, 0.717) is 29.3 Å². The van der Waals surface area contributed by atoms with Gasteiger partial charge in [-0.25, -0.2) is 18.0 Å². The van der Waals surface area contributed by atoms with Gasteiger partial charge in [-0.05, 0) is 40.5 Å². The minimum atomic E-state index is -1.25. The number of thiol groups is 1. The number of nitrogens with zero attached hydrogens (tertiary/aromatic N) is 1. The summed E-state index contributed by atoms with van der Waals surface area (Å²) in [5.41, 5.74) is -0.0957. The molecule has 2 aromatic carbocycles. The fourth-order valence-corrected chi connectivity index (χ4v) is 3.72. The molecule has 0 aromatic heterocycles. The summed E-state index contributed by atoms with van der Waals surface area (Å²) in [4.78, 5) is 14.0. The Morgan fingerprint density at radius 1 is 1.18 bits per heavy atom. The third-order valence-electron chi connectivity index (χ3n) is 4.32. The van der Waals surface area contributed by atoms with Crippen molar-refractivity contribution < 1.29 is 27.4 Å². The number of halogens is 4. The van der Waals surface area contributed by atoms with Crippen molar-refractivity contribution in [2.45, 2.75) is 24.3 Å². The number of rotatable bonds is 5. The first-order valence-corrected chi connectivity index (χ1v) is 9.78. The van der Waals surface area contributed by atoms with Gasteiger partial charge in [-0.1, -0.05) is 12.1 Å².